The highest BCUT2D eigenvalue weighted by Crippen LogP contribution is 2.12. The number of aromatic nitrogens is 1. The van der Waals surface area contributed by atoms with Crippen molar-refractivity contribution in [3.63, 3.8) is 0 Å². The number of amides is 1. The third-order valence-corrected chi connectivity index (χ3v) is 3.99. The van der Waals surface area contributed by atoms with Crippen molar-refractivity contribution in [2.75, 3.05) is 40.5 Å². The molecule has 24 heavy (non-hydrogen) atoms. The Morgan fingerprint density at radius 3 is 3.04 bits per heavy atom. The molecule has 1 aliphatic heterocycles. The van der Waals surface area contributed by atoms with Gasteiger partial charge in [0.05, 0.1) is 25.4 Å². The molecule has 0 spiro atoms. The molecule has 1 amide bonds. The van der Waals surface area contributed by atoms with Gasteiger partial charge in [-0.15, -0.1) is 0 Å². The van der Waals surface area contributed by atoms with Crippen molar-refractivity contribution >= 4 is 5.91 Å². The first kappa shape index (κ1) is 18.6. The van der Waals surface area contributed by atoms with Crippen LogP contribution in [0.4, 0.5) is 0 Å². The smallest absolute Gasteiger partial charge is 0.250 e. The molecule has 0 saturated carbocycles. The SMILES string of the molecule is CN(C)CCO[C@@H]1CCOC[C@@H]1NC(=O)CCn1ccccc1=O. The Kier molecular flexibility index (Phi) is 7.42. The number of nitrogens with one attached hydrogen (secondary N) is 1. The highest BCUT2D eigenvalue weighted by Gasteiger charge is 2.27. The summed E-state index contributed by atoms with van der Waals surface area (Å²) in [6.07, 6.45) is 2.69. The van der Waals surface area contributed by atoms with Crippen LogP contribution in [0.3, 0.4) is 0 Å². The van der Waals surface area contributed by atoms with Crippen LogP contribution in [0.1, 0.15) is 12.8 Å². The lowest BCUT2D eigenvalue weighted by atomic mass is 10.1. The van der Waals surface area contributed by atoms with E-state index in [4.69, 9.17) is 9.47 Å². The predicted molar refractivity (Wildman–Crippen MR) is 91.0 cm³/mol. The Balaban J connectivity index is 1.79. The Morgan fingerprint density at radius 1 is 1.46 bits per heavy atom. The van der Waals surface area contributed by atoms with Crippen molar-refractivity contribution in [2.24, 2.45) is 0 Å². The first-order valence-corrected chi connectivity index (χ1v) is 8.35. The number of carbonyl (C=O) groups is 1. The van der Waals surface area contributed by atoms with Crippen LogP contribution in [-0.4, -0.2) is 68.0 Å². The van der Waals surface area contributed by atoms with Gasteiger partial charge in [-0.25, -0.2) is 0 Å². The van der Waals surface area contributed by atoms with Crippen LogP contribution in [0, 0.1) is 0 Å². The van der Waals surface area contributed by atoms with Crippen molar-refractivity contribution in [1.29, 1.82) is 0 Å². The van der Waals surface area contributed by atoms with Gasteiger partial charge in [0.25, 0.3) is 5.56 Å². The fourth-order valence-electron chi connectivity index (χ4n) is 2.59. The van der Waals surface area contributed by atoms with Gasteiger partial charge in [0.1, 0.15) is 0 Å². The van der Waals surface area contributed by atoms with Gasteiger partial charge in [-0.1, -0.05) is 6.07 Å². The first-order valence-electron chi connectivity index (χ1n) is 8.35. The molecular formula is C17H27N3O4. The van der Waals surface area contributed by atoms with Gasteiger partial charge in [-0.2, -0.15) is 0 Å². The van der Waals surface area contributed by atoms with E-state index in [0.717, 1.165) is 13.0 Å². The molecule has 1 aliphatic rings. The number of aryl methyl sites for hydroxylation is 1. The maximum Gasteiger partial charge on any atom is 0.250 e. The van der Waals surface area contributed by atoms with Crippen LogP contribution in [0.2, 0.25) is 0 Å². The molecule has 1 aromatic rings. The van der Waals surface area contributed by atoms with Gasteiger partial charge < -0.3 is 24.3 Å². The third-order valence-electron chi connectivity index (χ3n) is 3.99. The van der Waals surface area contributed by atoms with E-state index in [1.165, 1.54) is 10.6 Å². The maximum absolute atomic E-state index is 12.2. The molecule has 1 fully saturated rings. The van der Waals surface area contributed by atoms with Crippen molar-refractivity contribution in [3.05, 3.63) is 34.7 Å². The Morgan fingerprint density at radius 2 is 2.29 bits per heavy atom. The average molecular weight is 337 g/mol. The minimum absolute atomic E-state index is 0.0258. The van der Waals surface area contributed by atoms with E-state index in [1.807, 2.05) is 14.1 Å². The van der Waals surface area contributed by atoms with Crippen LogP contribution in [0.5, 0.6) is 0 Å². The van der Waals surface area contributed by atoms with Crippen LogP contribution < -0.4 is 10.9 Å². The molecule has 7 nitrogen and oxygen atoms in total. The number of likely N-dealkylation sites (N-methyl/N-ethyl adjacent to an activating group) is 1. The molecule has 0 radical (unpaired) electrons. The van der Waals surface area contributed by atoms with Crippen molar-refractivity contribution in [1.82, 2.24) is 14.8 Å². The summed E-state index contributed by atoms with van der Waals surface area (Å²) in [6, 6.07) is 4.82. The van der Waals surface area contributed by atoms with Gasteiger partial charge in [-0.3, -0.25) is 9.59 Å². The fraction of sp³-hybridized carbons (Fsp3) is 0.647. The van der Waals surface area contributed by atoms with E-state index >= 15 is 0 Å². The summed E-state index contributed by atoms with van der Waals surface area (Å²) in [7, 11) is 4.00. The lowest BCUT2D eigenvalue weighted by Crippen LogP contribution is -2.51. The Labute approximate surface area is 142 Å². The molecule has 1 N–H and O–H groups in total. The number of hydrogen-bond acceptors (Lipinski definition) is 5. The molecule has 1 aromatic heterocycles. The quantitative estimate of drug-likeness (QED) is 0.728. The molecule has 2 rings (SSSR count). The number of carbonyl (C=O) groups excluding carboxylic acids is 1. The third kappa shape index (κ3) is 6.07. The van der Waals surface area contributed by atoms with Crippen molar-refractivity contribution in [3.8, 4) is 0 Å². The van der Waals surface area contributed by atoms with Crippen molar-refractivity contribution < 1.29 is 14.3 Å². The van der Waals surface area contributed by atoms with Crippen LogP contribution in [0.15, 0.2) is 29.2 Å². The molecule has 0 aromatic carbocycles. The number of nitrogens with zero attached hydrogens (tertiary/aromatic N) is 2. The average Bonchev–Trinajstić information content (AvgIpc) is 2.55. The van der Waals surface area contributed by atoms with Gasteiger partial charge in [0, 0.05) is 38.4 Å². The highest BCUT2D eigenvalue weighted by molar-refractivity contribution is 5.76. The number of hydrogen-bond donors (Lipinski definition) is 1. The summed E-state index contributed by atoms with van der Waals surface area (Å²) < 4.78 is 12.9. The number of rotatable bonds is 8. The predicted octanol–water partition coefficient (Wildman–Crippen LogP) is 0.0903. The second-order valence-electron chi connectivity index (χ2n) is 6.23. The molecular weight excluding hydrogens is 310 g/mol. The molecule has 1 saturated heterocycles. The molecule has 0 aliphatic carbocycles. The molecule has 2 heterocycles. The lowest BCUT2D eigenvalue weighted by molar-refractivity contribution is -0.126. The van der Waals surface area contributed by atoms with Gasteiger partial charge in [0.15, 0.2) is 0 Å². The van der Waals surface area contributed by atoms with Gasteiger partial charge in [0.2, 0.25) is 5.91 Å². The summed E-state index contributed by atoms with van der Waals surface area (Å²) >= 11 is 0. The normalized spacial score (nSPS) is 21.0. The van der Waals surface area contributed by atoms with E-state index in [-0.39, 0.29) is 30.0 Å². The topological polar surface area (TPSA) is 72.8 Å². The minimum Gasteiger partial charge on any atom is -0.379 e. The van der Waals surface area contributed by atoms with Crippen LogP contribution in [-0.2, 0) is 20.8 Å². The zero-order valence-corrected chi connectivity index (χ0v) is 14.4. The van der Waals surface area contributed by atoms with Crippen LogP contribution in [0.25, 0.3) is 0 Å². The summed E-state index contributed by atoms with van der Waals surface area (Å²) in [6.45, 7) is 2.95. The van der Waals surface area contributed by atoms with Gasteiger partial charge >= 0.3 is 0 Å². The summed E-state index contributed by atoms with van der Waals surface area (Å²) in [5, 5.41) is 2.98. The second-order valence-corrected chi connectivity index (χ2v) is 6.23. The summed E-state index contributed by atoms with van der Waals surface area (Å²) in [5.74, 6) is -0.0949. The molecule has 0 unspecified atom stereocenters. The monoisotopic (exact) mass is 337 g/mol. The van der Waals surface area contributed by atoms with E-state index in [1.54, 1.807) is 18.3 Å². The molecule has 0 bridgehead atoms. The fourth-order valence-corrected chi connectivity index (χ4v) is 2.59. The second kappa shape index (κ2) is 9.56. The molecule has 134 valence electrons. The maximum atomic E-state index is 12.2. The van der Waals surface area contributed by atoms with E-state index in [0.29, 0.717) is 26.4 Å². The van der Waals surface area contributed by atoms with E-state index in [2.05, 4.69) is 10.2 Å². The Bertz CT molecular complexity index is 573. The molecule has 2 atom stereocenters. The zero-order valence-electron chi connectivity index (χ0n) is 14.4. The minimum atomic E-state index is -0.138. The van der Waals surface area contributed by atoms with Crippen molar-refractivity contribution in [2.45, 2.75) is 31.5 Å². The standard InChI is InChI=1S/C17H27N3O4/c1-19(2)10-12-24-15-7-11-23-13-14(15)18-16(21)6-9-20-8-4-3-5-17(20)22/h3-5,8,14-15H,6-7,9-13H2,1-2H3,(H,18,21)/t14-,15+/m0/s1. The highest BCUT2D eigenvalue weighted by atomic mass is 16.5. The molecule has 7 heteroatoms. The zero-order chi connectivity index (χ0) is 17.4. The number of ether oxygens (including phenoxy) is 2. The summed E-state index contributed by atoms with van der Waals surface area (Å²) in [5.41, 5.74) is -0.101. The van der Waals surface area contributed by atoms with Gasteiger partial charge in [-0.05, 0) is 26.6 Å². The van der Waals surface area contributed by atoms with E-state index < -0.39 is 0 Å². The van der Waals surface area contributed by atoms with Crippen LogP contribution >= 0.6 is 0 Å². The lowest BCUT2D eigenvalue weighted by Gasteiger charge is -2.32. The number of pyridine rings is 1. The summed E-state index contributed by atoms with van der Waals surface area (Å²) in [4.78, 5) is 25.9. The largest absolute Gasteiger partial charge is 0.379 e. The van der Waals surface area contributed by atoms with E-state index in [9.17, 15) is 9.59 Å². The first-order chi connectivity index (χ1) is 11.6. The Hall–Kier alpha value is -1.70.